The number of rotatable bonds is 4. The molecule has 0 saturated carbocycles. The predicted octanol–water partition coefficient (Wildman–Crippen LogP) is 13.0. The first-order valence-corrected chi connectivity index (χ1v) is 15.4. The predicted molar refractivity (Wildman–Crippen MR) is 198 cm³/mol. The van der Waals surface area contributed by atoms with Gasteiger partial charge in [-0.15, -0.1) is 0 Å². The van der Waals surface area contributed by atoms with Gasteiger partial charge in [-0.25, -0.2) is 0 Å². The van der Waals surface area contributed by atoms with Crippen LogP contribution in [0.2, 0.25) is 0 Å². The van der Waals surface area contributed by atoms with E-state index < -0.39 is 0 Å². The summed E-state index contributed by atoms with van der Waals surface area (Å²) in [7, 11) is 0. The van der Waals surface area contributed by atoms with Crippen LogP contribution in [-0.4, -0.2) is 0 Å². The molecule has 0 radical (unpaired) electrons. The van der Waals surface area contributed by atoms with Gasteiger partial charge in [0.05, 0.1) is 9.60 Å². The summed E-state index contributed by atoms with van der Waals surface area (Å²) in [6.45, 7) is 0. The maximum atomic E-state index is 9.98. The molecule has 0 heterocycles. The van der Waals surface area contributed by atoms with Crippen molar-refractivity contribution >= 4 is 43.1 Å². The highest BCUT2D eigenvalue weighted by Crippen LogP contribution is 2.45. The van der Waals surface area contributed by atoms with E-state index in [0.29, 0.717) is 44.2 Å². The van der Waals surface area contributed by atoms with Crippen LogP contribution in [0, 0.1) is 0 Å². The van der Waals surface area contributed by atoms with Gasteiger partial charge in [0, 0.05) is 0 Å². The lowest BCUT2D eigenvalue weighted by molar-refractivity contribution is 1.62. The van der Waals surface area contributed by atoms with E-state index in [-0.39, 0.29) is 53.1 Å². The van der Waals surface area contributed by atoms with Crippen LogP contribution in [0.4, 0.5) is 0 Å². The van der Waals surface area contributed by atoms with Crippen LogP contribution in [0.15, 0.2) is 182 Å². The van der Waals surface area contributed by atoms with E-state index in [1.165, 1.54) is 0 Å². The van der Waals surface area contributed by atoms with Crippen LogP contribution in [-0.2, 0) is 0 Å². The Bertz CT molecular complexity index is 2970. The van der Waals surface area contributed by atoms with Gasteiger partial charge in [-0.2, -0.15) is 0 Å². The number of hydrogen-bond acceptors (Lipinski definition) is 0. The molecule has 0 unspecified atom stereocenters. The lowest BCUT2D eigenvalue weighted by atomic mass is 9.84. The van der Waals surface area contributed by atoms with Gasteiger partial charge in [0.15, 0.2) is 0 Å². The summed E-state index contributed by atoms with van der Waals surface area (Å²) in [4.78, 5) is 0. The van der Waals surface area contributed by atoms with Crippen molar-refractivity contribution in [2.24, 2.45) is 0 Å². The number of benzene rings is 9. The first-order chi connectivity index (χ1) is 25.7. The van der Waals surface area contributed by atoms with Gasteiger partial charge < -0.3 is 0 Å². The topological polar surface area (TPSA) is 0 Å². The molecule has 0 aliphatic rings. The Morgan fingerprint density at radius 2 is 0.804 bits per heavy atom. The lowest BCUT2D eigenvalue weighted by Gasteiger charge is -2.19. The van der Waals surface area contributed by atoms with Gasteiger partial charge in [0.1, 0.15) is 0 Å². The summed E-state index contributed by atoms with van der Waals surface area (Å²) in [6, 6.07) is 43.7. The van der Waals surface area contributed by atoms with Crippen molar-refractivity contribution in [1.82, 2.24) is 0 Å². The van der Waals surface area contributed by atoms with E-state index in [4.69, 9.17) is 2.74 Å². The summed E-state index contributed by atoms with van der Waals surface area (Å²) >= 11 is 0. The zero-order chi connectivity index (χ0) is 36.5. The summed E-state index contributed by atoms with van der Waals surface area (Å²) in [5, 5.41) is 5.35. The molecule has 0 spiro atoms. The van der Waals surface area contributed by atoms with Crippen LogP contribution in [0.1, 0.15) is 9.60 Å². The highest BCUT2D eigenvalue weighted by Gasteiger charge is 2.18. The van der Waals surface area contributed by atoms with Crippen molar-refractivity contribution in [3.05, 3.63) is 182 Å². The van der Waals surface area contributed by atoms with Crippen molar-refractivity contribution in [1.29, 1.82) is 0 Å². The fourth-order valence-corrected chi connectivity index (χ4v) is 6.61. The van der Waals surface area contributed by atoms with Crippen LogP contribution in [0.3, 0.4) is 0 Å². The lowest BCUT2D eigenvalue weighted by Crippen LogP contribution is -1.92. The molecular weight excluding hydrogens is 553 g/mol. The number of hydrogen-bond donors (Lipinski definition) is 0. The molecule has 0 N–H and O–H groups in total. The molecule has 0 fully saturated rings. The third-order valence-corrected chi connectivity index (χ3v) is 8.83. The standard InChI is InChI=1S/C46H30/c1-2-13-33(14-3-1)45-41-19-8-9-20-42(41)46(40-18-10-17-36(29-40)37-23-21-31-11-4-6-15-34(31)27-37)44-30-39(25-26-43(44)45)38-24-22-32-12-5-7-16-35(32)28-38/h1-30H/i8D,9D,19D,20D,25D,26D,30D. The molecule has 0 saturated heterocycles. The van der Waals surface area contributed by atoms with E-state index in [0.717, 1.165) is 32.7 Å². The molecule has 0 nitrogen and oxygen atoms in total. The minimum absolute atomic E-state index is 0.0221. The smallest absolute Gasteiger partial charge is 0.0622 e. The van der Waals surface area contributed by atoms with Crippen molar-refractivity contribution < 1.29 is 9.60 Å². The van der Waals surface area contributed by atoms with Gasteiger partial charge >= 0.3 is 0 Å². The van der Waals surface area contributed by atoms with Gasteiger partial charge in [-0.1, -0.05) is 158 Å². The second-order valence-electron chi connectivity index (χ2n) is 11.6. The average molecular weight is 590 g/mol. The maximum Gasteiger partial charge on any atom is 0.0636 e. The molecule has 0 amide bonds. The molecule has 0 aromatic heterocycles. The van der Waals surface area contributed by atoms with Gasteiger partial charge in [0.25, 0.3) is 0 Å². The van der Waals surface area contributed by atoms with Crippen molar-refractivity contribution in [3.63, 3.8) is 0 Å². The average Bonchev–Trinajstić information content (AvgIpc) is 3.20. The Morgan fingerprint density at radius 3 is 1.48 bits per heavy atom. The van der Waals surface area contributed by atoms with Crippen LogP contribution >= 0.6 is 0 Å². The zero-order valence-electron chi connectivity index (χ0n) is 31.8. The highest BCUT2D eigenvalue weighted by molar-refractivity contribution is 6.22. The van der Waals surface area contributed by atoms with E-state index in [1.807, 2.05) is 109 Å². The SMILES string of the molecule is [2H]c1c([2H])c([2H])c2c(-c3cccc(-c4ccc5ccccc5c4)c3)c3c([2H])c(-c4ccc5ccccc5c4)c([2H])c([2H])c3c(-c3ccccc3)c2c1[2H]. The third kappa shape index (κ3) is 4.47. The molecule has 9 aromatic rings. The monoisotopic (exact) mass is 589 g/mol. The minimum atomic E-state index is -0.383. The van der Waals surface area contributed by atoms with Crippen LogP contribution < -0.4 is 0 Å². The quantitative estimate of drug-likeness (QED) is 0.179. The second-order valence-corrected chi connectivity index (χ2v) is 11.6. The molecule has 9 rings (SSSR count). The Labute approximate surface area is 278 Å². The molecule has 0 heteroatoms. The highest BCUT2D eigenvalue weighted by atomic mass is 14.2. The van der Waals surface area contributed by atoms with E-state index in [9.17, 15) is 6.85 Å². The summed E-state index contributed by atoms with van der Waals surface area (Å²) in [6.07, 6.45) is 0. The fourth-order valence-electron chi connectivity index (χ4n) is 6.61. The Kier molecular flexibility index (Phi) is 4.76. The summed E-state index contributed by atoms with van der Waals surface area (Å²) in [5.74, 6) is 0. The molecular formula is C46H30. The largest absolute Gasteiger partial charge is 0.0636 e. The van der Waals surface area contributed by atoms with Crippen molar-refractivity contribution in [2.45, 2.75) is 0 Å². The van der Waals surface area contributed by atoms with Gasteiger partial charge in [-0.05, 0) is 112 Å². The van der Waals surface area contributed by atoms with E-state index in [1.54, 1.807) is 0 Å². The molecule has 0 bridgehead atoms. The zero-order valence-corrected chi connectivity index (χ0v) is 24.8. The van der Waals surface area contributed by atoms with Gasteiger partial charge in [0.2, 0.25) is 0 Å². The van der Waals surface area contributed by atoms with Crippen LogP contribution in [0.25, 0.3) is 87.6 Å². The molecule has 9 aromatic carbocycles. The molecule has 0 aliphatic carbocycles. The van der Waals surface area contributed by atoms with Gasteiger partial charge in [-0.3, -0.25) is 0 Å². The first-order valence-electron chi connectivity index (χ1n) is 18.9. The molecule has 0 aliphatic heterocycles. The van der Waals surface area contributed by atoms with E-state index in [2.05, 4.69) is 30.3 Å². The summed E-state index contributed by atoms with van der Waals surface area (Å²) in [5.41, 5.74) is 4.91. The third-order valence-electron chi connectivity index (χ3n) is 8.83. The molecule has 46 heavy (non-hydrogen) atoms. The van der Waals surface area contributed by atoms with Crippen LogP contribution in [0.5, 0.6) is 0 Å². The molecule has 0 atom stereocenters. The van der Waals surface area contributed by atoms with E-state index >= 15 is 0 Å². The normalized spacial score (nSPS) is 13.6. The number of fused-ring (bicyclic) bond motifs is 4. The summed E-state index contributed by atoms with van der Waals surface area (Å²) < 4.78 is 65.4. The second kappa shape index (κ2) is 10.9. The first kappa shape index (κ1) is 20.1. The maximum absolute atomic E-state index is 9.98. The molecule has 214 valence electrons. The van der Waals surface area contributed by atoms with Crippen molar-refractivity contribution in [2.75, 3.05) is 0 Å². The fraction of sp³-hybridized carbons (Fsp3) is 0. The minimum Gasteiger partial charge on any atom is -0.0622 e. The Balaban J connectivity index is 1.48. The Hall–Kier alpha value is -5.98. The van der Waals surface area contributed by atoms with Crippen molar-refractivity contribution in [3.8, 4) is 44.5 Å². The Morgan fingerprint density at radius 1 is 0.304 bits per heavy atom.